The zero-order valence-electron chi connectivity index (χ0n) is 17.5. The van der Waals surface area contributed by atoms with Crippen LogP contribution in [0.2, 0.25) is 0 Å². The molecule has 10 heteroatoms. The zero-order valence-corrected chi connectivity index (χ0v) is 19.9. The minimum Gasteiger partial charge on any atom is -0.397 e. The van der Waals surface area contributed by atoms with Gasteiger partial charge in [0.25, 0.3) is 17.7 Å². The number of nitrogens with zero attached hydrogens (tertiary/aromatic N) is 2. The molecule has 1 atom stereocenters. The Morgan fingerprint density at radius 1 is 1.16 bits per heavy atom. The lowest BCUT2D eigenvalue weighted by atomic mass is 10.0. The molecule has 2 aliphatic heterocycles. The molecule has 2 fully saturated rings. The first-order valence-electron chi connectivity index (χ1n) is 10.6. The van der Waals surface area contributed by atoms with Crippen LogP contribution in [-0.4, -0.2) is 59.8 Å². The van der Waals surface area contributed by atoms with E-state index in [1.165, 1.54) is 16.2 Å². The van der Waals surface area contributed by atoms with E-state index in [1.807, 2.05) is 22.4 Å². The molecule has 0 unspecified atom stereocenters. The lowest BCUT2D eigenvalue weighted by Gasteiger charge is -2.35. The molecule has 3 N–H and O–H groups in total. The Morgan fingerprint density at radius 3 is 2.59 bits per heavy atom. The van der Waals surface area contributed by atoms with Crippen LogP contribution < -0.4 is 11.1 Å². The molecule has 0 saturated carbocycles. The van der Waals surface area contributed by atoms with Gasteiger partial charge in [0.1, 0.15) is 0 Å². The van der Waals surface area contributed by atoms with Crippen molar-refractivity contribution in [3.8, 4) is 0 Å². The van der Waals surface area contributed by atoms with Crippen molar-refractivity contribution in [3.05, 3.63) is 44.6 Å². The van der Waals surface area contributed by atoms with Crippen LogP contribution in [-0.2, 0) is 0 Å². The first kappa shape index (κ1) is 23.0. The van der Waals surface area contributed by atoms with Crippen LogP contribution in [0.3, 0.4) is 0 Å². The molecular weight excluding hydrogens is 502 g/mol. The maximum Gasteiger partial charge on any atom is 0.263 e. The third kappa shape index (κ3) is 5.06. The molecule has 3 heterocycles. The maximum absolute atomic E-state index is 13.6. The van der Waals surface area contributed by atoms with Gasteiger partial charge in [0.15, 0.2) is 0 Å². The fraction of sp³-hybridized carbons (Fsp3) is 0.455. The summed E-state index contributed by atoms with van der Waals surface area (Å²) < 4.78 is 27.8. The Hall–Kier alpha value is -2.20. The number of benzene rings is 1. The predicted octanol–water partition coefficient (Wildman–Crippen LogP) is 4.68. The molecule has 1 aromatic heterocycles. The van der Waals surface area contributed by atoms with Gasteiger partial charge in [0.2, 0.25) is 0 Å². The second kappa shape index (κ2) is 9.35. The summed E-state index contributed by atoms with van der Waals surface area (Å²) in [6.45, 7) is 1.18. The summed E-state index contributed by atoms with van der Waals surface area (Å²) in [7, 11) is 0. The molecule has 32 heavy (non-hydrogen) atoms. The molecule has 2 amide bonds. The van der Waals surface area contributed by atoms with Crippen LogP contribution >= 0.6 is 27.3 Å². The Labute approximate surface area is 197 Å². The van der Waals surface area contributed by atoms with Gasteiger partial charge >= 0.3 is 0 Å². The predicted molar refractivity (Wildman–Crippen MR) is 126 cm³/mol. The zero-order chi connectivity index (χ0) is 22.9. The highest BCUT2D eigenvalue weighted by Crippen LogP contribution is 2.34. The van der Waals surface area contributed by atoms with Crippen molar-refractivity contribution in [2.24, 2.45) is 0 Å². The Morgan fingerprint density at radius 2 is 1.91 bits per heavy atom. The Balaban J connectivity index is 1.52. The molecule has 1 aromatic carbocycles. The van der Waals surface area contributed by atoms with Crippen molar-refractivity contribution in [2.75, 3.05) is 37.2 Å². The Kier molecular flexibility index (Phi) is 6.71. The number of hydrogen-bond donors (Lipinski definition) is 2. The van der Waals surface area contributed by atoms with E-state index in [4.69, 9.17) is 5.73 Å². The monoisotopic (exact) mass is 526 g/mol. The van der Waals surface area contributed by atoms with Gasteiger partial charge in [-0.25, -0.2) is 8.78 Å². The first-order chi connectivity index (χ1) is 15.2. The van der Waals surface area contributed by atoms with Gasteiger partial charge in [-0.3, -0.25) is 9.59 Å². The van der Waals surface area contributed by atoms with E-state index < -0.39 is 5.92 Å². The summed E-state index contributed by atoms with van der Waals surface area (Å²) in [4.78, 5) is 29.9. The van der Waals surface area contributed by atoms with E-state index in [-0.39, 0.29) is 43.8 Å². The highest BCUT2D eigenvalue weighted by molar-refractivity contribution is 9.10. The largest absolute Gasteiger partial charge is 0.397 e. The number of nitrogens with two attached hydrogens (primary N) is 1. The summed E-state index contributed by atoms with van der Waals surface area (Å²) in [5.41, 5.74) is 7.50. The van der Waals surface area contributed by atoms with E-state index in [1.54, 1.807) is 12.1 Å². The molecule has 2 saturated heterocycles. The summed E-state index contributed by atoms with van der Waals surface area (Å²) in [5, 5.41) is 5.26. The van der Waals surface area contributed by atoms with Crippen LogP contribution in [0.15, 0.2) is 34.1 Å². The second-order valence-electron chi connectivity index (χ2n) is 8.28. The van der Waals surface area contributed by atoms with Gasteiger partial charge in [-0.05, 0) is 36.4 Å². The number of alkyl halides is 2. The van der Waals surface area contributed by atoms with Crippen molar-refractivity contribution in [2.45, 2.75) is 37.6 Å². The fourth-order valence-corrected chi connectivity index (χ4v) is 5.37. The molecule has 6 nitrogen and oxygen atoms in total. The molecule has 4 rings (SSSR count). The topological polar surface area (TPSA) is 78.7 Å². The lowest BCUT2D eigenvalue weighted by molar-refractivity contribution is -0.0494. The average Bonchev–Trinajstić information content (AvgIpc) is 3.29. The van der Waals surface area contributed by atoms with E-state index in [9.17, 15) is 18.4 Å². The number of nitrogen functional groups attached to an aromatic ring is 1. The minimum absolute atomic E-state index is 0.000762. The number of piperidine rings is 2. The standard InChI is InChI=1S/C22H25BrF2N4O2S/c23-14-11-16(20(30)28-8-5-22(24,25)6-9-28)19(17(26)12-14)27-15-3-1-7-29(13-15)21(31)18-4-2-10-32-18/h2,4,10-12,15,27H,1,3,5-9,13,26H2/t15-/m1/s1. The summed E-state index contributed by atoms with van der Waals surface area (Å²) in [6, 6.07) is 6.98. The van der Waals surface area contributed by atoms with Crippen molar-refractivity contribution in [1.29, 1.82) is 0 Å². The number of halogens is 3. The van der Waals surface area contributed by atoms with Crippen molar-refractivity contribution >= 4 is 50.5 Å². The van der Waals surface area contributed by atoms with Crippen molar-refractivity contribution in [1.82, 2.24) is 9.80 Å². The van der Waals surface area contributed by atoms with Crippen molar-refractivity contribution in [3.63, 3.8) is 0 Å². The number of amides is 2. The van der Waals surface area contributed by atoms with Gasteiger partial charge in [0, 0.05) is 49.5 Å². The van der Waals surface area contributed by atoms with E-state index >= 15 is 0 Å². The number of carbonyl (C=O) groups excluding carboxylic acids is 2. The molecule has 2 aliphatic rings. The van der Waals surface area contributed by atoms with Gasteiger partial charge in [0.05, 0.1) is 21.8 Å². The molecule has 0 spiro atoms. The van der Waals surface area contributed by atoms with E-state index in [0.717, 1.165) is 12.8 Å². The SMILES string of the molecule is Nc1cc(Br)cc(C(=O)N2CCC(F)(F)CC2)c1N[C@@H]1CCCN(C(=O)c2cccs2)C1. The smallest absolute Gasteiger partial charge is 0.263 e. The van der Waals surface area contributed by atoms with Gasteiger partial charge in [-0.15, -0.1) is 11.3 Å². The highest BCUT2D eigenvalue weighted by Gasteiger charge is 2.36. The first-order valence-corrected chi connectivity index (χ1v) is 12.3. The number of carbonyl (C=O) groups is 2. The minimum atomic E-state index is -2.73. The number of anilines is 2. The summed E-state index contributed by atoms with van der Waals surface area (Å²) in [5.74, 6) is -3.05. The Bertz CT molecular complexity index is 992. The van der Waals surface area contributed by atoms with E-state index in [2.05, 4.69) is 21.2 Å². The molecule has 172 valence electrons. The third-order valence-corrected chi connectivity index (χ3v) is 7.25. The third-order valence-electron chi connectivity index (χ3n) is 5.94. The summed E-state index contributed by atoms with van der Waals surface area (Å²) in [6.07, 6.45) is 0.976. The van der Waals surface area contributed by atoms with Crippen LogP contribution in [0.5, 0.6) is 0 Å². The fourth-order valence-electron chi connectivity index (χ4n) is 4.20. The number of hydrogen-bond acceptors (Lipinski definition) is 5. The van der Waals surface area contributed by atoms with Crippen molar-refractivity contribution < 1.29 is 18.4 Å². The molecule has 0 radical (unpaired) electrons. The highest BCUT2D eigenvalue weighted by atomic mass is 79.9. The molecule has 0 aliphatic carbocycles. The lowest BCUT2D eigenvalue weighted by Crippen LogP contribution is -2.45. The van der Waals surface area contributed by atoms with Gasteiger partial charge in [-0.1, -0.05) is 22.0 Å². The number of nitrogens with one attached hydrogen (secondary N) is 1. The normalized spacial score (nSPS) is 20.8. The molecule has 2 aromatic rings. The molecular formula is C22H25BrF2N4O2S. The van der Waals surface area contributed by atoms with Crippen LogP contribution in [0.25, 0.3) is 0 Å². The summed E-state index contributed by atoms with van der Waals surface area (Å²) >= 11 is 4.80. The molecule has 0 bridgehead atoms. The maximum atomic E-state index is 13.6. The van der Waals surface area contributed by atoms with Gasteiger partial charge < -0.3 is 20.9 Å². The van der Waals surface area contributed by atoms with Crippen LogP contribution in [0.4, 0.5) is 20.2 Å². The number of likely N-dealkylation sites (tertiary alicyclic amines) is 2. The quantitative estimate of drug-likeness (QED) is 0.567. The van der Waals surface area contributed by atoms with Gasteiger partial charge in [-0.2, -0.15) is 0 Å². The number of rotatable bonds is 4. The number of thiophene rings is 1. The van der Waals surface area contributed by atoms with E-state index in [0.29, 0.717) is 39.4 Å². The van der Waals surface area contributed by atoms with Crippen LogP contribution in [0.1, 0.15) is 45.7 Å². The van der Waals surface area contributed by atoms with Crippen LogP contribution in [0, 0.1) is 0 Å². The second-order valence-corrected chi connectivity index (χ2v) is 10.1. The average molecular weight is 527 g/mol.